The van der Waals surface area contributed by atoms with Crippen LogP contribution in [-0.2, 0) is 22.1 Å². The Labute approximate surface area is 161 Å². The Hall–Kier alpha value is -2.18. The van der Waals surface area contributed by atoms with Gasteiger partial charge in [-0.1, -0.05) is 56.3 Å². The van der Waals surface area contributed by atoms with E-state index in [-0.39, 0.29) is 16.3 Å². The highest BCUT2D eigenvalue weighted by Crippen LogP contribution is 2.28. The zero-order valence-electron chi connectivity index (χ0n) is 16.4. The predicted molar refractivity (Wildman–Crippen MR) is 109 cm³/mol. The summed E-state index contributed by atoms with van der Waals surface area (Å²) in [5.74, 6) is -0.0503. The fraction of sp³-hybridized carbons (Fsp3) is 0.381. The number of para-hydroxylation sites is 2. The molecule has 0 amide bonds. The molecule has 0 aliphatic rings. The molecule has 144 valence electrons. The van der Waals surface area contributed by atoms with E-state index >= 15 is 0 Å². The highest BCUT2D eigenvalue weighted by atomic mass is 32.2. The third kappa shape index (κ3) is 4.57. The zero-order valence-corrected chi connectivity index (χ0v) is 17.2. The maximum Gasteiger partial charge on any atom is 0.229 e. The molecule has 0 bridgehead atoms. The lowest BCUT2D eigenvalue weighted by atomic mass is 9.93. The highest BCUT2D eigenvalue weighted by molar-refractivity contribution is 7.90. The normalized spacial score (nSPS) is 12.8. The second-order valence-corrected chi connectivity index (χ2v) is 10.00. The molecule has 6 heteroatoms. The van der Waals surface area contributed by atoms with Gasteiger partial charge < -0.3 is 9.47 Å². The number of hydrogen-bond acceptors (Lipinski definition) is 4. The Morgan fingerprint density at radius 2 is 1.63 bits per heavy atom. The van der Waals surface area contributed by atoms with Crippen molar-refractivity contribution in [3.05, 3.63) is 60.2 Å². The van der Waals surface area contributed by atoms with Crippen molar-refractivity contribution in [1.82, 2.24) is 14.5 Å². The van der Waals surface area contributed by atoms with E-state index in [1.54, 1.807) is 0 Å². The van der Waals surface area contributed by atoms with E-state index < -0.39 is 9.84 Å². The fourth-order valence-electron chi connectivity index (χ4n) is 3.64. The molecule has 2 aromatic carbocycles. The SMILES string of the molecule is CN(C)CC(C)(C)Cn1c(S(=O)(=O)Cc2ccccc2)nc2ccccc21. The second kappa shape index (κ2) is 7.44. The van der Waals surface area contributed by atoms with Crippen molar-refractivity contribution >= 4 is 20.9 Å². The number of sulfone groups is 1. The van der Waals surface area contributed by atoms with E-state index in [2.05, 4.69) is 23.7 Å². The summed E-state index contributed by atoms with van der Waals surface area (Å²) in [6.07, 6.45) is 0. The van der Waals surface area contributed by atoms with Crippen molar-refractivity contribution in [3.8, 4) is 0 Å². The van der Waals surface area contributed by atoms with Gasteiger partial charge in [0.15, 0.2) is 0 Å². The zero-order chi connectivity index (χ0) is 19.7. The van der Waals surface area contributed by atoms with Crippen molar-refractivity contribution < 1.29 is 8.42 Å². The number of imidazole rings is 1. The minimum Gasteiger partial charge on any atom is -0.314 e. The summed E-state index contributed by atoms with van der Waals surface area (Å²) in [7, 11) is 0.489. The number of fused-ring (bicyclic) bond motifs is 1. The Balaban J connectivity index is 2.07. The number of rotatable bonds is 7. The third-order valence-corrected chi connectivity index (χ3v) is 6.01. The molecule has 0 aliphatic heterocycles. The first-order valence-electron chi connectivity index (χ1n) is 9.05. The largest absolute Gasteiger partial charge is 0.314 e. The minimum atomic E-state index is -3.57. The molecule has 3 aromatic rings. The summed E-state index contributed by atoms with van der Waals surface area (Å²) < 4.78 is 28.3. The smallest absolute Gasteiger partial charge is 0.229 e. The van der Waals surface area contributed by atoms with Crippen LogP contribution in [0.1, 0.15) is 19.4 Å². The van der Waals surface area contributed by atoms with Crippen LogP contribution in [0.25, 0.3) is 11.0 Å². The van der Waals surface area contributed by atoms with E-state index in [9.17, 15) is 8.42 Å². The van der Waals surface area contributed by atoms with Crippen LogP contribution in [0.5, 0.6) is 0 Å². The van der Waals surface area contributed by atoms with Crippen LogP contribution in [0.2, 0.25) is 0 Å². The maximum atomic E-state index is 13.2. The molecule has 0 atom stereocenters. The van der Waals surface area contributed by atoms with Gasteiger partial charge in [-0.2, -0.15) is 0 Å². The molecule has 0 fully saturated rings. The molecule has 0 N–H and O–H groups in total. The first-order chi connectivity index (χ1) is 12.7. The first kappa shape index (κ1) is 19.6. The maximum absolute atomic E-state index is 13.2. The topological polar surface area (TPSA) is 55.2 Å². The van der Waals surface area contributed by atoms with Crippen molar-refractivity contribution in [2.75, 3.05) is 20.6 Å². The summed E-state index contributed by atoms with van der Waals surface area (Å²) in [4.78, 5) is 6.63. The third-order valence-electron chi connectivity index (χ3n) is 4.43. The molecular weight excluding hydrogens is 358 g/mol. The van der Waals surface area contributed by atoms with E-state index in [0.29, 0.717) is 12.1 Å². The Morgan fingerprint density at radius 3 is 2.30 bits per heavy atom. The van der Waals surface area contributed by atoms with E-state index in [4.69, 9.17) is 0 Å². The molecular formula is C21H27N3O2S. The van der Waals surface area contributed by atoms with E-state index in [1.807, 2.05) is 73.3 Å². The first-order valence-corrected chi connectivity index (χ1v) is 10.7. The minimum absolute atomic E-state index is 0.0503. The van der Waals surface area contributed by atoms with Gasteiger partial charge in [0.2, 0.25) is 15.0 Å². The van der Waals surface area contributed by atoms with E-state index in [0.717, 1.165) is 17.6 Å². The van der Waals surface area contributed by atoms with Crippen molar-refractivity contribution in [2.24, 2.45) is 5.41 Å². The predicted octanol–water partition coefficient (Wildman–Crippen LogP) is 3.60. The molecule has 0 radical (unpaired) electrons. The molecule has 0 spiro atoms. The van der Waals surface area contributed by atoms with Gasteiger partial charge in [-0.15, -0.1) is 0 Å². The van der Waals surface area contributed by atoms with Crippen molar-refractivity contribution in [2.45, 2.75) is 31.3 Å². The van der Waals surface area contributed by atoms with Gasteiger partial charge in [-0.05, 0) is 37.2 Å². The van der Waals surface area contributed by atoms with Gasteiger partial charge in [-0.25, -0.2) is 13.4 Å². The number of benzene rings is 2. The van der Waals surface area contributed by atoms with Crippen LogP contribution in [0.4, 0.5) is 0 Å². The molecule has 0 unspecified atom stereocenters. The Kier molecular flexibility index (Phi) is 5.40. The van der Waals surface area contributed by atoms with Crippen LogP contribution in [-0.4, -0.2) is 43.5 Å². The lowest BCUT2D eigenvalue weighted by molar-refractivity contribution is 0.208. The van der Waals surface area contributed by atoms with Crippen molar-refractivity contribution in [3.63, 3.8) is 0 Å². The standard InChI is InChI=1S/C21H27N3O2S/c1-21(2,15-23(3)4)16-24-19-13-9-8-12-18(19)22-20(24)27(25,26)14-17-10-6-5-7-11-17/h5-13H,14-16H2,1-4H3. The second-order valence-electron chi connectivity index (χ2n) is 8.12. The fourth-order valence-corrected chi connectivity index (χ4v) is 5.13. The number of aromatic nitrogens is 2. The summed E-state index contributed by atoms with van der Waals surface area (Å²) >= 11 is 0. The van der Waals surface area contributed by atoms with Crippen LogP contribution in [0, 0.1) is 5.41 Å². The molecule has 1 aromatic heterocycles. The van der Waals surface area contributed by atoms with Crippen LogP contribution < -0.4 is 0 Å². The molecule has 0 aliphatic carbocycles. The number of hydrogen-bond donors (Lipinski definition) is 0. The van der Waals surface area contributed by atoms with Gasteiger partial charge >= 0.3 is 0 Å². The summed E-state index contributed by atoms with van der Waals surface area (Å²) in [6, 6.07) is 16.9. The Morgan fingerprint density at radius 1 is 1.00 bits per heavy atom. The average Bonchev–Trinajstić information content (AvgIpc) is 2.93. The van der Waals surface area contributed by atoms with Gasteiger partial charge in [-0.3, -0.25) is 0 Å². The Bertz CT molecular complexity index is 1020. The van der Waals surface area contributed by atoms with Gasteiger partial charge in [0.1, 0.15) is 0 Å². The molecule has 5 nitrogen and oxygen atoms in total. The van der Waals surface area contributed by atoms with Crippen LogP contribution >= 0.6 is 0 Å². The van der Waals surface area contributed by atoms with Crippen LogP contribution in [0.3, 0.4) is 0 Å². The summed E-state index contributed by atoms with van der Waals surface area (Å²) in [6.45, 7) is 5.72. The summed E-state index contributed by atoms with van der Waals surface area (Å²) in [5, 5.41) is 0.152. The highest BCUT2D eigenvalue weighted by Gasteiger charge is 2.28. The van der Waals surface area contributed by atoms with E-state index in [1.165, 1.54) is 0 Å². The lowest BCUT2D eigenvalue weighted by Gasteiger charge is -2.29. The van der Waals surface area contributed by atoms with Gasteiger partial charge in [0, 0.05) is 13.1 Å². The number of nitrogens with zero attached hydrogens (tertiary/aromatic N) is 3. The monoisotopic (exact) mass is 385 g/mol. The lowest BCUT2D eigenvalue weighted by Crippen LogP contribution is -2.33. The molecule has 3 rings (SSSR count). The van der Waals surface area contributed by atoms with Gasteiger partial charge in [0.05, 0.1) is 16.8 Å². The van der Waals surface area contributed by atoms with Crippen molar-refractivity contribution in [1.29, 1.82) is 0 Å². The molecule has 1 heterocycles. The molecule has 0 saturated heterocycles. The average molecular weight is 386 g/mol. The summed E-state index contributed by atoms with van der Waals surface area (Å²) in [5.41, 5.74) is 2.23. The molecule has 27 heavy (non-hydrogen) atoms. The van der Waals surface area contributed by atoms with Crippen LogP contribution in [0.15, 0.2) is 59.8 Å². The molecule has 0 saturated carbocycles. The quantitative estimate of drug-likeness (QED) is 0.624. The van der Waals surface area contributed by atoms with Gasteiger partial charge in [0.25, 0.3) is 0 Å².